The zero-order chi connectivity index (χ0) is 26.2. The average molecular weight is 499 g/mol. The van der Waals surface area contributed by atoms with Crippen LogP contribution < -0.4 is 0 Å². The number of likely N-dealkylation sites (tertiary alicyclic amines) is 2. The number of rotatable bonds is 6. The van der Waals surface area contributed by atoms with Crippen LogP contribution in [0.5, 0.6) is 0 Å². The Morgan fingerprint density at radius 2 is 1.70 bits per heavy atom. The molecule has 2 aliphatic heterocycles. The van der Waals surface area contributed by atoms with Crippen molar-refractivity contribution in [1.29, 1.82) is 0 Å². The first-order chi connectivity index (χ1) is 17.8. The first-order valence-electron chi connectivity index (χ1n) is 12.6. The minimum absolute atomic E-state index is 0.0533. The van der Waals surface area contributed by atoms with Gasteiger partial charge in [0.15, 0.2) is 5.82 Å². The zero-order valence-electron chi connectivity index (χ0n) is 21.1. The summed E-state index contributed by atoms with van der Waals surface area (Å²) in [7, 11) is 3.25. The van der Waals surface area contributed by atoms with Crippen LogP contribution >= 0.6 is 0 Å². The highest BCUT2D eigenvalue weighted by atomic mass is 16.2. The maximum absolute atomic E-state index is 13.6. The quantitative estimate of drug-likeness (QED) is 0.384. The van der Waals surface area contributed by atoms with Crippen molar-refractivity contribution in [3.63, 3.8) is 0 Å². The van der Waals surface area contributed by atoms with Crippen LogP contribution in [0.25, 0.3) is 11.1 Å². The van der Waals surface area contributed by atoms with E-state index in [1.54, 1.807) is 28.9 Å². The first-order valence-corrected chi connectivity index (χ1v) is 12.6. The molecule has 8 heteroatoms. The molecule has 8 nitrogen and oxygen atoms in total. The number of carbonyl (C=O) groups excluding carboxylic acids is 4. The molecule has 190 valence electrons. The van der Waals surface area contributed by atoms with Gasteiger partial charge in [0, 0.05) is 58.3 Å². The van der Waals surface area contributed by atoms with Crippen molar-refractivity contribution in [2.24, 2.45) is 13.0 Å². The number of likely N-dealkylation sites (N-methyl/N-ethyl adjacent to an activating group) is 1. The molecule has 1 aromatic heterocycles. The summed E-state index contributed by atoms with van der Waals surface area (Å²) in [5.41, 5.74) is 1.43. The van der Waals surface area contributed by atoms with Crippen LogP contribution in [0.15, 0.2) is 67.0 Å². The van der Waals surface area contributed by atoms with Crippen LogP contribution in [0.4, 0.5) is 0 Å². The van der Waals surface area contributed by atoms with E-state index in [0.717, 1.165) is 16.0 Å². The molecule has 37 heavy (non-hydrogen) atoms. The summed E-state index contributed by atoms with van der Waals surface area (Å²) in [6.45, 7) is 0.801. The molecule has 0 unspecified atom stereocenters. The predicted molar refractivity (Wildman–Crippen MR) is 137 cm³/mol. The normalized spacial score (nSPS) is 21.9. The second kappa shape index (κ2) is 9.76. The molecule has 0 radical (unpaired) electrons. The Morgan fingerprint density at radius 3 is 2.32 bits per heavy atom. The minimum atomic E-state index is -1.26. The lowest BCUT2D eigenvalue weighted by Gasteiger charge is -2.35. The van der Waals surface area contributed by atoms with Crippen LogP contribution in [0.2, 0.25) is 0 Å². The second-order valence-electron chi connectivity index (χ2n) is 10.0. The number of hydrogen-bond acceptors (Lipinski definition) is 5. The highest BCUT2D eigenvalue weighted by Gasteiger charge is 2.53. The van der Waals surface area contributed by atoms with E-state index in [1.807, 2.05) is 54.6 Å². The fourth-order valence-electron chi connectivity index (χ4n) is 5.54. The number of aryl methyl sites for hydroxylation is 1. The third kappa shape index (κ3) is 4.48. The third-order valence-electron chi connectivity index (χ3n) is 7.73. The fraction of sp³-hybridized carbons (Fsp3) is 0.345. The van der Waals surface area contributed by atoms with Gasteiger partial charge >= 0.3 is 0 Å². The molecule has 3 aromatic rings. The molecule has 5 rings (SSSR count). The number of amides is 3. The third-order valence-corrected chi connectivity index (χ3v) is 7.73. The Bertz CT molecular complexity index is 1350. The smallest absolute Gasteiger partial charge is 0.240 e. The van der Waals surface area contributed by atoms with Crippen LogP contribution in [-0.4, -0.2) is 63.0 Å². The van der Waals surface area contributed by atoms with Gasteiger partial charge in [-0.25, -0.2) is 4.98 Å². The van der Waals surface area contributed by atoms with E-state index in [9.17, 15) is 19.2 Å². The van der Waals surface area contributed by atoms with Gasteiger partial charge in [0.05, 0.1) is 5.41 Å². The molecule has 2 fully saturated rings. The van der Waals surface area contributed by atoms with Crippen molar-refractivity contribution in [2.45, 2.75) is 31.1 Å². The van der Waals surface area contributed by atoms with Gasteiger partial charge in [-0.05, 0) is 29.5 Å². The number of imidazole rings is 1. The number of carbonyl (C=O) groups is 4. The lowest BCUT2D eigenvalue weighted by atomic mass is 9.75. The monoisotopic (exact) mass is 498 g/mol. The predicted octanol–water partition coefficient (Wildman–Crippen LogP) is 3.23. The van der Waals surface area contributed by atoms with Crippen molar-refractivity contribution in [3.8, 4) is 11.1 Å². The molecule has 0 N–H and O–H groups in total. The summed E-state index contributed by atoms with van der Waals surface area (Å²) < 4.78 is 1.69. The standard InChI is InChI=1S/C29H30N4O4/c1-31-16-14-30-27(31)26(36)22-9-6-15-33(19-22)25(35)18-29(17-24(34)32(2)28(29)37)23-12-10-21(11-13-23)20-7-4-3-5-8-20/h3-5,7-8,10-14,16,22H,6,9,15,17-19H2,1-2H3/t22-,29+/m1/s1. The molecule has 2 saturated heterocycles. The van der Waals surface area contributed by atoms with Gasteiger partial charge in [-0.1, -0.05) is 54.6 Å². The molecule has 0 saturated carbocycles. The van der Waals surface area contributed by atoms with E-state index in [1.165, 1.54) is 7.05 Å². The summed E-state index contributed by atoms with van der Waals surface area (Å²) in [5.74, 6) is -0.928. The van der Waals surface area contributed by atoms with Gasteiger partial charge in [-0.3, -0.25) is 24.1 Å². The summed E-state index contributed by atoms with van der Waals surface area (Å²) in [6.07, 6.45) is 4.52. The van der Waals surface area contributed by atoms with Gasteiger partial charge in [0.2, 0.25) is 23.5 Å². The molecule has 0 aliphatic carbocycles. The summed E-state index contributed by atoms with van der Waals surface area (Å²) in [6, 6.07) is 17.4. The number of Topliss-reactive ketones (excluding diaryl/α,β-unsaturated/α-hetero) is 1. The van der Waals surface area contributed by atoms with E-state index in [4.69, 9.17) is 0 Å². The maximum atomic E-state index is 13.6. The Labute approximate surface area is 215 Å². The minimum Gasteiger partial charge on any atom is -0.342 e. The van der Waals surface area contributed by atoms with Gasteiger partial charge in [-0.2, -0.15) is 0 Å². The fourth-order valence-corrected chi connectivity index (χ4v) is 5.54. The van der Waals surface area contributed by atoms with Gasteiger partial charge in [-0.15, -0.1) is 0 Å². The highest BCUT2D eigenvalue weighted by molar-refractivity contribution is 6.10. The molecule has 0 bridgehead atoms. The van der Waals surface area contributed by atoms with Crippen molar-refractivity contribution in [2.75, 3.05) is 20.1 Å². The van der Waals surface area contributed by atoms with Gasteiger partial charge in [0.1, 0.15) is 0 Å². The number of nitrogens with zero attached hydrogens (tertiary/aromatic N) is 4. The van der Waals surface area contributed by atoms with Gasteiger partial charge in [0.25, 0.3) is 0 Å². The highest BCUT2D eigenvalue weighted by Crippen LogP contribution is 2.41. The number of ketones is 1. The van der Waals surface area contributed by atoms with Gasteiger partial charge < -0.3 is 9.47 Å². The van der Waals surface area contributed by atoms with E-state index in [0.29, 0.717) is 30.8 Å². The zero-order valence-corrected chi connectivity index (χ0v) is 21.1. The summed E-state index contributed by atoms with van der Waals surface area (Å²) in [4.78, 5) is 59.7. The first kappa shape index (κ1) is 24.6. The maximum Gasteiger partial charge on any atom is 0.240 e. The van der Waals surface area contributed by atoms with Crippen molar-refractivity contribution in [3.05, 3.63) is 78.4 Å². The van der Waals surface area contributed by atoms with E-state index in [2.05, 4.69) is 4.98 Å². The van der Waals surface area contributed by atoms with E-state index in [-0.39, 0.29) is 48.8 Å². The van der Waals surface area contributed by atoms with Crippen LogP contribution in [-0.2, 0) is 26.8 Å². The van der Waals surface area contributed by atoms with E-state index >= 15 is 0 Å². The van der Waals surface area contributed by atoms with E-state index < -0.39 is 5.41 Å². The van der Waals surface area contributed by atoms with Crippen LogP contribution in [0, 0.1) is 5.92 Å². The Kier molecular flexibility index (Phi) is 6.50. The van der Waals surface area contributed by atoms with Crippen molar-refractivity contribution >= 4 is 23.5 Å². The summed E-state index contributed by atoms with van der Waals surface area (Å²) >= 11 is 0. The van der Waals surface area contributed by atoms with Crippen molar-refractivity contribution < 1.29 is 19.2 Å². The average Bonchev–Trinajstić information content (AvgIpc) is 3.45. The lowest BCUT2D eigenvalue weighted by molar-refractivity contribution is -0.142. The largest absolute Gasteiger partial charge is 0.342 e. The number of benzene rings is 2. The molecular weight excluding hydrogens is 468 g/mol. The van der Waals surface area contributed by atoms with Crippen LogP contribution in [0.1, 0.15) is 41.9 Å². The molecule has 2 atom stereocenters. The Morgan fingerprint density at radius 1 is 1.00 bits per heavy atom. The summed E-state index contributed by atoms with van der Waals surface area (Å²) in [5, 5.41) is 0. The topological polar surface area (TPSA) is 92.6 Å². The van der Waals surface area contributed by atoms with Crippen LogP contribution in [0.3, 0.4) is 0 Å². The number of piperidine rings is 1. The molecule has 2 aromatic carbocycles. The molecule has 0 spiro atoms. The number of hydrogen-bond donors (Lipinski definition) is 0. The Balaban J connectivity index is 1.39. The molecule has 3 amide bonds. The second-order valence-corrected chi connectivity index (χ2v) is 10.0. The number of imide groups is 1. The Hall–Kier alpha value is -4.07. The molecular formula is C29H30N4O4. The molecule has 3 heterocycles. The van der Waals surface area contributed by atoms with Crippen molar-refractivity contribution in [1.82, 2.24) is 19.4 Å². The lowest BCUT2D eigenvalue weighted by Crippen LogP contribution is -2.47. The molecule has 2 aliphatic rings. The SMILES string of the molecule is CN1C(=O)C[C@](CC(=O)N2CCC[C@@H](C(=O)c3nccn3C)C2)(c2ccc(-c3ccccc3)cc2)C1=O. The number of aromatic nitrogens is 2.